The van der Waals surface area contributed by atoms with Crippen molar-refractivity contribution in [1.29, 1.82) is 0 Å². The van der Waals surface area contributed by atoms with E-state index in [2.05, 4.69) is 5.32 Å². The molecule has 0 saturated heterocycles. The van der Waals surface area contributed by atoms with E-state index in [1.165, 1.54) is 18.2 Å². The molecular weight excluding hydrogens is 237 g/mol. The van der Waals surface area contributed by atoms with Crippen molar-refractivity contribution in [3.63, 3.8) is 0 Å². The molecule has 0 aliphatic heterocycles. The SMILES string of the molecule is CCCNC(C)(COc1cccc(F)c1)C(=O)O. The number of hydrogen-bond acceptors (Lipinski definition) is 3. The van der Waals surface area contributed by atoms with Gasteiger partial charge in [0.1, 0.15) is 23.7 Å². The fourth-order valence-corrected chi connectivity index (χ4v) is 1.37. The summed E-state index contributed by atoms with van der Waals surface area (Å²) < 4.78 is 18.3. The van der Waals surface area contributed by atoms with Crippen LogP contribution in [0.4, 0.5) is 4.39 Å². The number of hydrogen-bond donors (Lipinski definition) is 2. The van der Waals surface area contributed by atoms with Crippen LogP contribution in [0.2, 0.25) is 0 Å². The van der Waals surface area contributed by atoms with Crippen molar-refractivity contribution in [2.45, 2.75) is 25.8 Å². The zero-order chi connectivity index (χ0) is 13.6. The van der Waals surface area contributed by atoms with Gasteiger partial charge in [0.15, 0.2) is 0 Å². The van der Waals surface area contributed by atoms with E-state index in [-0.39, 0.29) is 6.61 Å². The summed E-state index contributed by atoms with van der Waals surface area (Å²) in [5, 5.41) is 12.1. The molecule has 1 rings (SSSR count). The van der Waals surface area contributed by atoms with E-state index in [1.807, 2.05) is 6.92 Å². The van der Waals surface area contributed by atoms with Crippen LogP contribution in [0.5, 0.6) is 5.75 Å². The Morgan fingerprint density at radius 1 is 1.56 bits per heavy atom. The van der Waals surface area contributed by atoms with Gasteiger partial charge in [-0.15, -0.1) is 0 Å². The molecule has 0 heterocycles. The lowest BCUT2D eigenvalue weighted by molar-refractivity contribution is -0.145. The zero-order valence-electron chi connectivity index (χ0n) is 10.6. The van der Waals surface area contributed by atoms with Gasteiger partial charge in [0, 0.05) is 6.07 Å². The van der Waals surface area contributed by atoms with Crippen molar-refractivity contribution >= 4 is 5.97 Å². The molecule has 0 spiro atoms. The maximum atomic E-state index is 12.9. The normalized spacial score (nSPS) is 13.9. The molecule has 0 fully saturated rings. The van der Waals surface area contributed by atoms with Crippen LogP contribution in [0, 0.1) is 5.82 Å². The molecule has 1 atom stereocenters. The lowest BCUT2D eigenvalue weighted by atomic mass is 10.0. The summed E-state index contributed by atoms with van der Waals surface area (Å²) in [6.07, 6.45) is 0.822. The van der Waals surface area contributed by atoms with Crippen LogP contribution >= 0.6 is 0 Å². The highest BCUT2D eigenvalue weighted by Gasteiger charge is 2.33. The highest BCUT2D eigenvalue weighted by Crippen LogP contribution is 2.14. The Bertz CT molecular complexity index is 411. The Morgan fingerprint density at radius 2 is 2.28 bits per heavy atom. The first-order valence-corrected chi connectivity index (χ1v) is 5.85. The third kappa shape index (κ3) is 4.00. The Kier molecular flexibility index (Phi) is 5.09. The molecule has 18 heavy (non-hydrogen) atoms. The standard InChI is InChI=1S/C13H18FNO3/c1-3-7-15-13(2,12(16)17)9-18-11-6-4-5-10(14)8-11/h4-6,8,15H,3,7,9H2,1-2H3,(H,16,17). The number of carboxylic acids is 1. The van der Waals surface area contributed by atoms with Crippen molar-refractivity contribution in [3.8, 4) is 5.75 Å². The Labute approximate surface area is 106 Å². The van der Waals surface area contributed by atoms with Crippen molar-refractivity contribution in [2.24, 2.45) is 0 Å². The number of halogens is 1. The molecule has 0 amide bonds. The third-order valence-corrected chi connectivity index (χ3v) is 2.56. The van der Waals surface area contributed by atoms with Gasteiger partial charge >= 0.3 is 5.97 Å². The van der Waals surface area contributed by atoms with Crippen LogP contribution in [0.3, 0.4) is 0 Å². The molecule has 0 aromatic heterocycles. The lowest BCUT2D eigenvalue weighted by Crippen LogP contribution is -2.54. The van der Waals surface area contributed by atoms with Crippen molar-refractivity contribution < 1.29 is 19.0 Å². The Morgan fingerprint density at radius 3 is 2.83 bits per heavy atom. The molecule has 0 saturated carbocycles. The zero-order valence-corrected chi connectivity index (χ0v) is 10.6. The number of rotatable bonds is 7. The second-order valence-corrected chi connectivity index (χ2v) is 4.31. The minimum Gasteiger partial charge on any atom is -0.491 e. The number of ether oxygens (including phenoxy) is 1. The fourth-order valence-electron chi connectivity index (χ4n) is 1.37. The molecule has 100 valence electrons. The van der Waals surface area contributed by atoms with Crippen LogP contribution in [-0.2, 0) is 4.79 Å². The number of carbonyl (C=O) groups is 1. The van der Waals surface area contributed by atoms with Gasteiger partial charge in [-0.25, -0.2) is 4.39 Å². The van der Waals surface area contributed by atoms with E-state index in [4.69, 9.17) is 4.74 Å². The molecule has 1 unspecified atom stereocenters. The maximum Gasteiger partial charge on any atom is 0.327 e. The van der Waals surface area contributed by atoms with E-state index >= 15 is 0 Å². The topological polar surface area (TPSA) is 58.6 Å². The minimum absolute atomic E-state index is 0.0637. The molecule has 0 aliphatic carbocycles. The second-order valence-electron chi connectivity index (χ2n) is 4.31. The minimum atomic E-state index is -1.18. The average molecular weight is 255 g/mol. The highest BCUT2D eigenvalue weighted by atomic mass is 19.1. The number of nitrogens with one attached hydrogen (secondary N) is 1. The number of carboxylic acid groups (broad SMARTS) is 1. The lowest BCUT2D eigenvalue weighted by Gasteiger charge is -2.26. The molecule has 4 nitrogen and oxygen atoms in total. The van der Waals surface area contributed by atoms with Crippen molar-refractivity contribution in [2.75, 3.05) is 13.2 Å². The first-order valence-electron chi connectivity index (χ1n) is 5.85. The number of benzene rings is 1. The molecule has 0 aliphatic rings. The van der Waals surface area contributed by atoms with E-state index in [0.717, 1.165) is 6.42 Å². The summed E-state index contributed by atoms with van der Waals surface area (Å²) in [5.41, 5.74) is -1.18. The Balaban J connectivity index is 2.65. The first-order chi connectivity index (χ1) is 8.48. The molecule has 2 N–H and O–H groups in total. The summed E-state index contributed by atoms with van der Waals surface area (Å²) in [6, 6.07) is 5.63. The molecule has 5 heteroatoms. The quantitative estimate of drug-likeness (QED) is 0.783. The van der Waals surface area contributed by atoms with Gasteiger partial charge < -0.3 is 9.84 Å². The van der Waals surface area contributed by atoms with Crippen LogP contribution < -0.4 is 10.1 Å². The van der Waals surface area contributed by atoms with Crippen LogP contribution in [0.25, 0.3) is 0 Å². The molecule has 1 aromatic rings. The van der Waals surface area contributed by atoms with Crippen molar-refractivity contribution in [1.82, 2.24) is 5.32 Å². The van der Waals surface area contributed by atoms with Gasteiger partial charge in [-0.3, -0.25) is 10.1 Å². The first kappa shape index (κ1) is 14.4. The smallest absolute Gasteiger partial charge is 0.327 e. The largest absolute Gasteiger partial charge is 0.491 e. The van der Waals surface area contributed by atoms with Crippen molar-refractivity contribution in [3.05, 3.63) is 30.1 Å². The molecule has 0 radical (unpaired) electrons. The third-order valence-electron chi connectivity index (χ3n) is 2.56. The van der Waals surface area contributed by atoms with Gasteiger partial charge in [0.25, 0.3) is 0 Å². The fraction of sp³-hybridized carbons (Fsp3) is 0.462. The van der Waals surface area contributed by atoms with Gasteiger partial charge in [-0.2, -0.15) is 0 Å². The summed E-state index contributed by atoms with van der Waals surface area (Å²) in [5.74, 6) is -1.08. The summed E-state index contributed by atoms with van der Waals surface area (Å²) in [6.45, 7) is 4.01. The van der Waals surface area contributed by atoms with Crippen LogP contribution in [-0.4, -0.2) is 29.8 Å². The van der Waals surface area contributed by atoms with Crippen LogP contribution in [0.15, 0.2) is 24.3 Å². The Hall–Kier alpha value is -1.62. The second kappa shape index (κ2) is 6.35. The van der Waals surface area contributed by atoms with Gasteiger partial charge in [0.05, 0.1) is 0 Å². The number of aliphatic carboxylic acids is 1. The molecular formula is C13H18FNO3. The predicted octanol–water partition coefficient (Wildman–Crippen LogP) is 2.05. The van der Waals surface area contributed by atoms with Gasteiger partial charge in [0.2, 0.25) is 0 Å². The monoisotopic (exact) mass is 255 g/mol. The van der Waals surface area contributed by atoms with E-state index in [0.29, 0.717) is 12.3 Å². The van der Waals surface area contributed by atoms with Gasteiger partial charge in [-0.05, 0) is 32.0 Å². The van der Waals surface area contributed by atoms with E-state index < -0.39 is 17.3 Å². The van der Waals surface area contributed by atoms with E-state index in [9.17, 15) is 14.3 Å². The van der Waals surface area contributed by atoms with Crippen LogP contribution in [0.1, 0.15) is 20.3 Å². The highest BCUT2D eigenvalue weighted by molar-refractivity contribution is 5.78. The van der Waals surface area contributed by atoms with E-state index in [1.54, 1.807) is 13.0 Å². The molecule has 1 aromatic carbocycles. The maximum absolute atomic E-state index is 12.9. The summed E-state index contributed by atoms with van der Waals surface area (Å²) in [4.78, 5) is 11.2. The van der Waals surface area contributed by atoms with Gasteiger partial charge in [-0.1, -0.05) is 13.0 Å². The summed E-state index contributed by atoms with van der Waals surface area (Å²) in [7, 11) is 0. The molecule has 0 bridgehead atoms. The predicted molar refractivity (Wildman–Crippen MR) is 66.2 cm³/mol. The average Bonchev–Trinajstić information content (AvgIpc) is 2.34. The summed E-state index contributed by atoms with van der Waals surface area (Å²) >= 11 is 0.